The van der Waals surface area contributed by atoms with Gasteiger partial charge in [-0.25, -0.2) is 0 Å². The Bertz CT molecular complexity index is 372. The van der Waals surface area contributed by atoms with Crippen LogP contribution in [0.5, 0.6) is 0 Å². The lowest BCUT2D eigenvalue weighted by Crippen LogP contribution is -2.47. The van der Waals surface area contributed by atoms with E-state index in [-0.39, 0.29) is 11.6 Å². The Morgan fingerprint density at radius 2 is 2.44 bits per heavy atom. The van der Waals surface area contributed by atoms with E-state index in [1.54, 1.807) is 6.20 Å². The van der Waals surface area contributed by atoms with Gasteiger partial charge in [-0.3, -0.25) is 4.98 Å². The first kappa shape index (κ1) is 12.0. The van der Waals surface area contributed by atoms with Crippen LogP contribution in [0.3, 0.4) is 0 Å². The molecule has 4 heteroatoms. The van der Waals surface area contributed by atoms with Crippen molar-refractivity contribution < 1.29 is 4.74 Å². The average Bonchev–Trinajstić information content (AvgIpc) is 2.58. The number of rotatable bonds is 3. The molecule has 1 fully saturated rings. The summed E-state index contributed by atoms with van der Waals surface area (Å²) in [6.45, 7) is 6.02. The maximum absolute atomic E-state index is 5.59. The van der Waals surface area contributed by atoms with Gasteiger partial charge in [0, 0.05) is 35.6 Å². The monoisotopic (exact) mass is 284 g/mol. The molecule has 1 aromatic rings. The molecule has 0 radical (unpaired) electrons. The van der Waals surface area contributed by atoms with Gasteiger partial charge in [0.25, 0.3) is 0 Å². The first-order valence-electron chi connectivity index (χ1n) is 5.56. The zero-order valence-electron chi connectivity index (χ0n) is 9.66. The maximum atomic E-state index is 5.59. The Kier molecular flexibility index (Phi) is 3.62. The van der Waals surface area contributed by atoms with Crippen molar-refractivity contribution in [3.8, 4) is 0 Å². The minimum Gasteiger partial charge on any atom is -0.377 e. The van der Waals surface area contributed by atoms with Gasteiger partial charge in [0.05, 0.1) is 6.10 Å². The van der Waals surface area contributed by atoms with Crippen LogP contribution in [0.1, 0.15) is 25.8 Å². The fourth-order valence-electron chi connectivity index (χ4n) is 1.92. The van der Waals surface area contributed by atoms with Crippen molar-refractivity contribution in [3.63, 3.8) is 0 Å². The van der Waals surface area contributed by atoms with Gasteiger partial charge in [-0.05, 0) is 47.8 Å². The fraction of sp³-hybridized carbons (Fsp3) is 0.583. The quantitative estimate of drug-likeness (QED) is 0.926. The number of hydrogen-bond acceptors (Lipinski definition) is 3. The molecule has 2 heterocycles. The SMILES string of the molecule is CC1OCCC1(C)NCc1cncc(Br)c1. The van der Waals surface area contributed by atoms with Crippen LogP contribution < -0.4 is 5.32 Å². The zero-order chi connectivity index (χ0) is 11.6. The summed E-state index contributed by atoms with van der Waals surface area (Å²) >= 11 is 3.43. The molecular weight excluding hydrogens is 268 g/mol. The summed E-state index contributed by atoms with van der Waals surface area (Å²) in [7, 11) is 0. The second-order valence-electron chi connectivity index (χ2n) is 4.55. The molecule has 0 aliphatic carbocycles. The third-order valence-electron chi connectivity index (χ3n) is 3.34. The Labute approximate surface area is 105 Å². The summed E-state index contributed by atoms with van der Waals surface area (Å²) in [4.78, 5) is 4.15. The van der Waals surface area contributed by atoms with E-state index in [0.29, 0.717) is 0 Å². The second kappa shape index (κ2) is 4.82. The molecule has 2 rings (SSSR count). The molecule has 88 valence electrons. The largest absolute Gasteiger partial charge is 0.377 e. The molecule has 0 aromatic carbocycles. The van der Waals surface area contributed by atoms with Crippen molar-refractivity contribution in [1.82, 2.24) is 10.3 Å². The highest BCUT2D eigenvalue weighted by Crippen LogP contribution is 2.25. The molecule has 1 aliphatic rings. The normalized spacial score (nSPS) is 29.6. The first-order chi connectivity index (χ1) is 7.60. The van der Waals surface area contributed by atoms with Crippen LogP contribution in [0.25, 0.3) is 0 Å². The fourth-order valence-corrected chi connectivity index (χ4v) is 2.34. The van der Waals surface area contributed by atoms with Crippen molar-refractivity contribution in [2.45, 2.75) is 38.5 Å². The van der Waals surface area contributed by atoms with Gasteiger partial charge in [-0.2, -0.15) is 0 Å². The molecule has 0 spiro atoms. The summed E-state index contributed by atoms with van der Waals surface area (Å²) in [5.74, 6) is 0. The summed E-state index contributed by atoms with van der Waals surface area (Å²) in [5, 5.41) is 3.57. The van der Waals surface area contributed by atoms with E-state index in [1.807, 2.05) is 6.20 Å². The Balaban J connectivity index is 1.97. The third-order valence-corrected chi connectivity index (χ3v) is 3.78. The van der Waals surface area contributed by atoms with Crippen molar-refractivity contribution in [1.29, 1.82) is 0 Å². The van der Waals surface area contributed by atoms with E-state index in [4.69, 9.17) is 4.74 Å². The first-order valence-corrected chi connectivity index (χ1v) is 6.35. The highest BCUT2D eigenvalue weighted by molar-refractivity contribution is 9.10. The molecule has 1 N–H and O–H groups in total. The number of halogens is 1. The van der Waals surface area contributed by atoms with Crippen LogP contribution in [-0.2, 0) is 11.3 Å². The highest BCUT2D eigenvalue weighted by Gasteiger charge is 2.36. The Morgan fingerprint density at radius 3 is 3.06 bits per heavy atom. The molecule has 1 saturated heterocycles. The van der Waals surface area contributed by atoms with Crippen LogP contribution in [0.15, 0.2) is 22.9 Å². The minimum absolute atomic E-state index is 0.0856. The van der Waals surface area contributed by atoms with Crippen molar-refractivity contribution in [2.24, 2.45) is 0 Å². The summed E-state index contributed by atoms with van der Waals surface area (Å²) in [5.41, 5.74) is 1.28. The maximum Gasteiger partial charge on any atom is 0.0726 e. The standard InChI is InChI=1S/C12H17BrN2O/c1-9-12(2,3-4-16-9)15-7-10-5-11(13)8-14-6-10/h5-6,8-9,15H,3-4,7H2,1-2H3. The number of ether oxygens (including phenoxy) is 1. The van der Waals surface area contributed by atoms with E-state index in [9.17, 15) is 0 Å². The van der Waals surface area contributed by atoms with Crippen LogP contribution in [-0.4, -0.2) is 23.2 Å². The van der Waals surface area contributed by atoms with Gasteiger partial charge < -0.3 is 10.1 Å². The van der Waals surface area contributed by atoms with Crippen molar-refractivity contribution >= 4 is 15.9 Å². The van der Waals surface area contributed by atoms with Crippen LogP contribution >= 0.6 is 15.9 Å². The predicted molar refractivity (Wildman–Crippen MR) is 67.2 cm³/mol. The lowest BCUT2D eigenvalue weighted by molar-refractivity contribution is 0.0881. The predicted octanol–water partition coefficient (Wildman–Crippen LogP) is 2.50. The van der Waals surface area contributed by atoms with Gasteiger partial charge in [-0.1, -0.05) is 0 Å². The molecular formula is C12H17BrN2O. The summed E-state index contributed by atoms with van der Waals surface area (Å²) < 4.78 is 6.61. The zero-order valence-corrected chi connectivity index (χ0v) is 11.3. The van der Waals surface area contributed by atoms with Crippen molar-refractivity contribution in [2.75, 3.05) is 6.61 Å². The van der Waals surface area contributed by atoms with Gasteiger partial charge >= 0.3 is 0 Å². The molecule has 0 amide bonds. The summed E-state index contributed by atoms with van der Waals surface area (Å²) in [6.07, 6.45) is 5.02. The van der Waals surface area contributed by atoms with Gasteiger partial charge in [0.1, 0.15) is 0 Å². The lowest BCUT2D eigenvalue weighted by atomic mass is 9.94. The molecule has 0 bridgehead atoms. The molecule has 3 nitrogen and oxygen atoms in total. The van der Waals surface area contributed by atoms with Crippen LogP contribution in [0, 0.1) is 0 Å². The van der Waals surface area contributed by atoms with Gasteiger partial charge in [0.15, 0.2) is 0 Å². The van der Waals surface area contributed by atoms with Crippen molar-refractivity contribution in [3.05, 3.63) is 28.5 Å². The molecule has 0 saturated carbocycles. The lowest BCUT2D eigenvalue weighted by Gasteiger charge is -2.29. The van der Waals surface area contributed by atoms with Gasteiger partial charge in [-0.15, -0.1) is 0 Å². The highest BCUT2D eigenvalue weighted by atomic mass is 79.9. The average molecular weight is 285 g/mol. The van der Waals surface area contributed by atoms with E-state index < -0.39 is 0 Å². The Hall–Kier alpha value is -0.450. The molecule has 1 aromatic heterocycles. The third kappa shape index (κ3) is 2.62. The molecule has 2 unspecified atom stereocenters. The smallest absolute Gasteiger partial charge is 0.0726 e. The second-order valence-corrected chi connectivity index (χ2v) is 5.46. The number of nitrogens with one attached hydrogen (secondary N) is 1. The number of nitrogens with zero attached hydrogens (tertiary/aromatic N) is 1. The molecule has 1 aliphatic heterocycles. The van der Waals surface area contributed by atoms with E-state index >= 15 is 0 Å². The van der Waals surface area contributed by atoms with Gasteiger partial charge in [0.2, 0.25) is 0 Å². The van der Waals surface area contributed by atoms with Crippen LogP contribution in [0.2, 0.25) is 0 Å². The number of hydrogen-bond donors (Lipinski definition) is 1. The van der Waals surface area contributed by atoms with Crippen LogP contribution in [0.4, 0.5) is 0 Å². The van der Waals surface area contributed by atoms with E-state index in [0.717, 1.165) is 24.0 Å². The molecule has 16 heavy (non-hydrogen) atoms. The topological polar surface area (TPSA) is 34.1 Å². The van der Waals surface area contributed by atoms with E-state index in [1.165, 1.54) is 5.56 Å². The van der Waals surface area contributed by atoms with E-state index in [2.05, 4.69) is 46.1 Å². The summed E-state index contributed by atoms with van der Waals surface area (Å²) in [6, 6.07) is 2.09. The minimum atomic E-state index is 0.0856. The molecule has 2 atom stereocenters. The number of aromatic nitrogens is 1. The Morgan fingerprint density at radius 1 is 1.62 bits per heavy atom. The number of pyridine rings is 1.